The zero-order valence-electron chi connectivity index (χ0n) is 11.5. The molecule has 0 aromatic rings. The summed E-state index contributed by atoms with van der Waals surface area (Å²) in [6, 6.07) is 0. The van der Waals surface area contributed by atoms with E-state index in [9.17, 15) is 0 Å². The van der Waals surface area contributed by atoms with Crippen LogP contribution < -0.4 is 0 Å². The Kier molecular flexibility index (Phi) is 6.30. The molecule has 0 bridgehead atoms. The van der Waals surface area contributed by atoms with Crippen LogP contribution in [0.1, 0.15) is 27.7 Å². The third-order valence-electron chi connectivity index (χ3n) is 4.19. The highest BCUT2D eigenvalue weighted by Crippen LogP contribution is 2.36. The van der Waals surface area contributed by atoms with E-state index in [1.54, 1.807) is 5.85 Å². The Morgan fingerprint density at radius 3 is 1.27 bits per heavy atom. The van der Waals surface area contributed by atoms with Crippen LogP contribution in [0.2, 0.25) is 37.3 Å². The molecule has 0 amide bonds. The second kappa shape index (κ2) is 5.79. The van der Waals surface area contributed by atoms with Gasteiger partial charge in [-0.15, -0.1) is 0 Å². The van der Waals surface area contributed by atoms with Gasteiger partial charge in [-0.2, -0.15) is 0 Å². The molecule has 0 atom stereocenters. The van der Waals surface area contributed by atoms with Crippen molar-refractivity contribution >= 4 is 48.6 Å². The summed E-state index contributed by atoms with van der Waals surface area (Å²) in [5.41, 5.74) is 1.75. The minimum absolute atomic E-state index is 0.875. The van der Waals surface area contributed by atoms with Gasteiger partial charge in [0, 0.05) is 0 Å². The van der Waals surface area contributed by atoms with E-state index in [-0.39, 0.29) is 0 Å². The molecule has 0 heterocycles. The highest BCUT2D eigenvalue weighted by molar-refractivity contribution is 14.2. The first kappa shape index (κ1) is 16.3. The van der Waals surface area contributed by atoms with Crippen molar-refractivity contribution in [1.29, 1.82) is 0 Å². The molecular formula is C11H26IPSi2. The van der Waals surface area contributed by atoms with Crippen LogP contribution in [0.3, 0.4) is 0 Å². The fourth-order valence-electron chi connectivity index (χ4n) is 1.60. The molecule has 0 aromatic heterocycles. The Hall–Kier alpha value is 1.33. The van der Waals surface area contributed by atoms with Crippen molar-refractivity contribution < 1.29 is 0 Å². The number of rotatable bonds is 4. The van der Waals surface area contributed by atoms with E-state index in [0.29, 0.717) is 0 Å². The van der Waals surface area contributed by atoms with Gasteiger partial charge < -0.3 is 0 Å². The van der Waals surface area contributed by atoms with E-state index in [1.807, 2.05) is 4.54 Å². The van der Waals surface area contributed by atoms with Crippen LogP contribution in [0.25, 0.3) is 0 Å². The van der Waals surface area contributed by atoms with E-state index in [2.05, 4.69) is 75.9 Å². The molecule has 0 aliphatic carbocycles. The Morgan fingerprint density at radius 1 is 0.867 bits per heavy atom. The first-order valence-corrected chi connectivity index (χ1v) is 15.6. The predicted molar refractivity (Wildman–Crippen MR) is 91.1 cm³/mol. The third-order valence-corrected chi connectivity index (χ3v) is 24.7. The van der Waals surface area contributed by atoms with Gasteiger partial charge in [0.2, 0.25) is 0 Å². The molecule has 0 N–H and O–H groups in total. The highest BCUT2D eigenvalue weighted by atomic mass is 127. The monoisotopic (exact) mass is 372 g/mol. The summed E-state index contributed by atoms with van der Waals surface area (Å²) in [5, 5.41) is 0. The van der Waals surface area contributed by atoms with Gasteiger partial charge in [0.15, 0.2) is 0 Å². The van der Waals surface area contributed by atoms with Crippen LogP contribution in [0.4, 0.5) is 0 Å². The van der Waals surface area contributed by atoms with Gasteiger partial charge in [0.25, 0.3) is 0 Å². The summed E-state index contributed by atoms with van der Waals surface area (Å²) in [6.07, 6.45) is 0. The van der Waals surface area contributed by atoms with E-state index < -0.39 is 16.1 Å². The molecule has 0 nitrogen and oxygen atoms in total. The minimum atomic E-state index is -1.15. The van der Waals surface area contributed by atoms with Gasteiger partial charge in [-0.3, -0.25) is 0 Å². The smallest absolute Gasteiger partial charge is 0.0656 e. The summed E-state index contributed by atoms with van der Waals surface area (Å²) in [4.78, 5) is 0. The van der Waals surface area contributed by atoms with Crippen molar-refractivity contribution in [2.45, 2.75) is 65.0 Å². The van der Waals surface area contributed by atoms with E-state index in [4.69, 9.17) is 0 Å². The summed E-state index contributed by atoms with van der Waals surface area (Å²) in [7, 11) is -2.30. The fourth-order valence-corrected chi connectivity index (χ4v) is 25.5. The van der Waals surface area contributed by atoms with Crippen molar-refractivity contribution in [1.82, 2.24) is 0 Å². The normalized spacial score (nSPS) is 14.1. The summed E-state index contributed by atoms with van der Waals surface area (Å²) in [6.45, 7) is 19.9. The molecule has 0 rings (SSSR count). The lowest BCUT2D eigenvalue weighted by atomic mass is 10.6. The second-order valence-electron chi connectivity index (χ2n) is 6.19. The van der Waals surface area contributed by atoms with E-state index in [1.165, 1.54) is 0 Å². The minimum Gasteiger partial charge on any atom is -0.0656 e. The van der Waals surface area contributed by atoms with Crippen LogP contribution in [-0.2, 0) is 0 Å². The molecule has 90 valence electrons. The van der Waals surface area contributed by atoms with Gasteiger partial charge in [-0.1, -0.05) is 58.4 Å². The molecule has 0 spiro atoms. The topological polar surface area (TPSA) is 0 Å². The van der Waals surface area contributed by atoms with Gasteiger partial charge >= 0.3 is 0 Å². The first-order chi connectivity index (χ1) is 6.58. The molecule has 0 aliphatic rings. The van der Waals surface area contributed by atoms with Gasteiger partial charge in [0.1, 0.15) is 0 Å². The highest BCUT2D eigenvalue weighted by Gasteiger charge is 2.41. The second-order valence-corrected chi connectivity index (χ2v) is 19.8. The molecular weight excluding hydrogens is 346 g/mol. The lowest BCUT2D eigenvalue weighted by Crippen LogP contribution is -2.55. The molecule has 0 unspecified atom stereocenters. The zero-order chi connectivity index (χ0) is 12.4. The van der Waals surface area contributed by atoms with Crippen LogP contribution in [-0.4, -0.2) is 20.7 Å². The third kappa shape index (κ3) is 3.65. The molecule has 0 fully saturated rings. The van der Waals surface area contributed by atoms with E-state index in [0.717, 1.165) is 11.1 Å². The summed E-state index contributed by atoms with van der Waals surface area (Å²) < 4.78 is 1.96. The van der Waals surface area contributed by atoms with Crippen LogP contribution >= 0.6 is 27.9 Å². The van der Waals surface area contributed by atoms with Crippen molar-refractivity contribution in [3.05, 3.63) is 0 Å². The Morgan fingerprint density at radius 2 is 1.13 bits per heavy atom. The van der Waals surface area contributed by atoms with Crippen molar-refractivity contribution in [3.63, 3.8) is 0 Å². The molecule has 0 radical (unpaired) electrons. The summed E-state index contributed by atoms with van der Waals surface area (Å²) in [5.74, 6) is 1.55. The molecule has 0 aliphatic heterocycles. The Balaban J connectivity index is 5.29. The summed E-state index contributed by atoms with van der Waals surface area (Å²) >= 11 is 2.57. The fraction of sp³-hybridized carbons (Fsp3) is 0.909. The van der Waals surface area contributed by atoms with Crippen molar-refractivity contribution in [2.75, 3.05) is 0 Å². The average Bonchev–Trinajstić information content (AvgIpc) is 2.03. The van der Waals surface area contributed by atoms with Gasteiger partial charge in [-0.25, -0.2) is 0 Å². The average molecular weight is 372 g/mol. The SMILES string of the molecule is CC(C)[Si](C)(C)C(=PI)[Si](C)(C)C(C)C. The maximum Gasteiger partial charge on any atom is 0.0796 e. The number of hydrogen-bond acceptors (Lipinski definition) is 0. The van der Waals surface area contributed by atoms with Gasteiger partial charge in [-0.05, 0) is 39.0 Å². The Labute approximate surface area is 113 Å². The lowest BCUT2D eigenvalue weighted by molar-refractivity contribution is 1.02. The Bertz CT molecular complexity index is 223. The quantitative estimate of drug-likeness (QED) is 0.334. The maximum atomic E-state index is 2.57. The zero-order valence-corrected chi connectivity index (χ0v) is 16.5. The molecule has 15 heavy (non-hydrogen) atoms. The van der Waals surface area contributed by atoms with Crippen LogP contribution in [0.15, 0.2) is 0 Å². The van der Waals surface area contributed by atoms with E-state index >= 15 is 0 Å². The largest absolute Gasteiger partial charge is 0.0796 e. The molecule has 0 saturated carbocycles. The van der Waals surface area contributed by atoms with Crippen molar-refractivity contribution in [2.24, 2.45) is 0 Å². The molecule has 4 heteroatoms. The van der Waals surface area contributed by atoms with Crippen molar-refractivity contribution in [3.8, 4) is 0 Å². The number of halogens is 1. The first-order valence-electron chi connectivity index (χ1n) is 5.78. The standard InChI is InChI=1S/C11H26IPSi2/c1-9(2)14(5,6)11(13-12)15(7,8)10(3)4/h9-10H,1-8H3. The van der Waals surface area contributed by atoms with Gasteiger partial charge in [0.05, 0.1) is 16.1 Å². The molecule has 0 aromatic carbocycles. The molecule has 0 saturated heterocycles. The van der Waals surface area contributed by atoms with Crippen LogP contribution in [0.5, 0.6) is 0 Å². The maximum absolute atomic E-state index is 2.57. The lowest BCUT2D eigenvalue weighted by Gasteiger charge is -2.40. The van der Waals surface area contributed by atoms with Crippen LogP contribution in [0, 0.1) is 0 Å². The predicted octanol–water partition coefficient (Wildman–Crippen LogP) is 5.77. The number of hydrogen-bond donors (Lipinski definition) is 0.